The molecule has 1 amide bonds. The van der Waals surface area contributed by atoms with Crippen molar-refractivity contribution in [1.82, 2.24) is 4.98 Å². The lowest BCUT2D eigenvalue weighted by atomic mass is 10.1. The van der Waals surface area contributed by atoms with Gasteiger partial charge in [-0.15, -0.1) is 0 Å². The molecule has 0 aliphatic rings. The van der Waals surface area contributed by atoms with Crippen molar-refractivity contribution >= 4 is 38.4 Å². The van der Waals surface area contributed by atoms with Gasteiger partial charge in [0, 0.05) is 15.5 Å². The van der Waals surface area contributed by atoms with Crippen LogP contribution in [0.3, 0.4) is 0 Å². The average molecular weight is 389 g/mol. The van der Waals surface area contributed by atoms with E-state index in [0.29, 0.717) is 22.3 Å². The zero-order chi connectivity index (χ0) is 17.3. The van der Waals surface area contributed by atoms with Gasteiger partial charge in [-0.3, -0.25) is 9.59 Å². The van der Waals surface area contributed by atoms with Crippen molar-refractivity contribution in [3.8, 4) is 11.5 Å². The van der Waals surface area contributed by atoms with Crippen LogP contribution < -0.4 is 15.6 Å². The van der Waals surface area contributed by atoms with E-state index < -0.39 is 11.5 Å². The molecule has 0 saturated carbocycles. The number of rotatable bonds is 3. The van der Waals surface area contributed by atoms with Crippen LogP contribution in [0.15, 0.2) is 51.7 Å². The molecule has 3 rings (SSSR count). The molecule has 0 unspecified atom stereocenters. The lowest BCUT2D eigenvalue weighted by Crippen LogP contribution is -2.23. The highest BCUT2D eigenvalue weighted by molar-refractivity contribution is 9.10. The predicted octanol–water partition coefficient (Wildman–Crippen LogP) is 3.26. The zero-order valence-corrected chi connectivity index (χ0v) is 14.2. The van der Waals surface area contributed by atoms with E-state index in [1.165, 1.54) is 0 Å². The third kappa shape index (κ3) is 2.98. The lowest BCUT2D eigenvalue weighted by molar-refractivity contribution is 0.102. The number of aromatic amines is 1. The molecule has 1 heterocycles. The second-order valence-electron chi connectivity index (χ2n) is 5.05. The Bertz CT molecular complexity index is 980. The van der Waals surface area contributed by atoms with E-state index in [1.54, 1.807) is 49.6 Å². The van der Waals surface area contributed by atoms with Crippen molar-refractivity contribution < 1.29 is 14.6 Å². The number of methoxy groups -OCH3 is 1. The number of aromatic hydroxyl groups is 1. The van der Waals surface area contributed by atoms with Crippen molar-refractivity contribution in [2.75, 3.05) is 12.4 Å². The van der Waals surface area contributed by atoms with E-state index in [4.69, 9.17) is 4.74 Å². The van der Waals surface area contributed by atoms with Gasteiger partial charge < -0.3 is 20.1 Å². The first-order valence-corrected chi connectivity index (χ1v) is 7.79. The highest BCUT2D eigenvalue weighted by Crippen LogP contribution is 2.28. The molecule has 24 heavy (non-hydrogen) atoms. The third-order valence-electron chi connectivity index (χ3n) is 3.52. The van der Waals surface area contributed by atoms with Gasteiger partial charge >= 0.3 is 0 Å². The van der Waals surface area contributed by atoms with E-state index in [2.05, 4.69) is 26.2 Å². The minimum absolute atomic E-state index is 0.337. The summed E-state index contributed by atoms with van der Waals surface area (Å²) in [6.45, 7) is 0. The standard InChI is InChI=1S/C17H13BrN2O4/c1-24-11-5-3-10(4-6-11)19-16(22)14-15(21)12-8-9(18)2-7-13(12)20-17(14)23/h2-8H,1H3,(H,19,22)(H2,20,21,23). The molecule has 3 aromatic rings. The summed E-state index contributed by atoms with van der Waals surface area (Å²) < 4.78 is 5.77. The first kappa shape index (κ1) is 16.1. The third-order valence-corrected chi connectivity index (χ3v) is 4.02. The number of anilines is 1. The van der Waals surface area contributed by atoms with Crippen molar-refractivity contribution in [2.45, 2.75) is 0 Å². The van der Waals surface area contributed by atoms with Crippen LogP contribution in [0.5, 0.6) is 11.5 Å². The molecule has 2 aromatic carbocycles. The van der Waals surface area contributed by atoms with E-state index in [0.717, 1.165) is 4.47 Å². The van der Waals surface area contributed by atoms with Crippen molar-refractivity contribution in [1.29, 1.82) is 0 Å². The zero-order valence-electron chi connectivity index (χ0n) is 12.6. The summed E-state index contributed by atoms with van der Waals surface area (Å²) in [7, 11) is 1.54. The molecule has 6 nitrogen and oxygen atoms in total. The second-order valence-corrected chi connectivity index (χ2v) is 5.97. The Kier molecular flexibility index (Phi) is 4.26. The number of ether oxygens (including phenoxy) is 1. The van der Waals surface area contributed by atoms with Crippen molar-refractivity contribution in [3.05, 3.63) is 62.9 Å². The number of amides is 1. The Morgan fingerprint density at radius 1 is 1.21 bits per heavy atom. The van der Waals surface area contributed by atoms with Gasteiger partial charge in [0.2, 0.25) is 0 Å². The van der Waals surface area contributed by atoms with Gasteiger partial charge in [-0.05, 0) is 42.5 Å². The molecule has 0 radical (unpaired) electrons. The van der Waals surface area contributed by atoms with Gasteiger partial charge in [0.1, 0.15) is 17.1 Å². The van der Waals surface area contributed by atoms with Crippen molar-refractivity contribution in [2.24, 2.45) is 0 Å². The second kappa shape index (κ2) is 6.37. The van der Waals surface area contributed by atoms with Crippen LogP contribution in [-0.2, 0) is 0 Å². The summed E-state index contributed by atoms with van der Waals surface area (Å²) in [5.74, 6) is -0.411. The van der Waals surface area contributed by atoms with Crippen LogP contribution in [0.4, 0.5) is 5.69 Å². The maximum Gasteiger partial charge on any atom is 0.265 e. The Hall–Kier alpha value is -2.80. The van der Waals surface area contributed by atoms with Crippen LogP contribution in [0.2, 0.25) is 0 Å². The van der Waals surface area contributed by atoms with Crippen LogP contribution in [0.1, 0.15) is 10.4 Å². The molecule has 0 atom stereocenters. The van der Waals surface area contributed by atoms with E-state index in [9.17, 15) is 14.7 Å². The molecule has 0 bridgehead atoms. The van der Waals surface area contributed by atoms with E-state index in [1.807, 2.05) is 0 Å². The predicted molar refractivity (Wildman–Crippen MR) is 94.9 cm³/mol. The Labute approximate surface area is 145 Å². The number of benzene rings is 2. The van der Waals surface area contributed by atoms with Gasteiger partial charge in [0.25, 0.3) is 11.5 Å². The van der Waals surface area contributed by atoms with Gasteiger partial charge in [-0.2, -0.15) is 0 Å². The highest BCUT2D eigenvalue weighted by Gasteiger charge is 2.19. The molecule has 122 valence electrons. The maximum absolute atomic E-state index is 12.4. The van der Waals surface area contributed by atoms with Gasteiger partial charge in [0.05, 0.1) is 12.6 Å². The molecule has 0 fully saturated rings. The molecule has 0 saturated heterocycles. The van der Waals surface area contributed by atoms with Crippen LogP contribution in [0, 0.1) is 0 Å². The van der Waals surface area contributed by atoms with Gasteiger partial charge in [-0.25, -0.2) is 0 Å². The molecule has 0 aliphatic carbocycles. The number of nitrogens with one attached hydrogen (secondary N) is 2. The number of hydrogen-bond donors (Lipinski definition) is 3. The van der Waals surface area contributed by atoms with Gasteiger partial charge in [0.15, 0.2) is 0 Å². The molecule has 0 aliphatic heterocycles. The number of aromatic nitrogens is 1. The minimum Gasteiger partial charge on any atom is -0.506 e. The average Bonchev–Trinajstić information content (AvgIpc) is 2.56. The number of fused-ring (bicyclic) bond motifs is 1. The first-order chi connectivity index (χ1) is 11.5. The normalized spacial score (nSPS) is 10.6. The smallest absolute Gasteiger partial charge is 0.265 e. The molecule has 1 aromatic heterocycles. The van der Waals surface area contributed by atoms with Crippen LogP contribution in [-0.4, -0.2) is 23.1 Å². The number of carbonyl (C=O) groups excluding carboxylic acids is 1. The minimum atomic E-state index is -0.694. The number of carbonyl (C=O) groups is 1. The molecule has 0 spiro atoms. The summed E-state index contributed by atoms with van der Waals surface area (Å²) in [5.41, 5.74) is -0.0691. The summed E-state index contributed by atoms with van der Waals surface area (Å²) in [6, 6.07) is 11.6. The van der Waals surface area contributed by atoms with E-state index >= 15 is 0 Å². The molecule has 3 N–H and O–H groups in total. The fourth-order valence-electron chi connectivity index (χ4n) is 2.33. The highest BCUT2D eigenvalue weighted by atomic mass is 79.9. The Morgan fingerprint density at radius 3 is 2.58 bits per heavy atom. The summed E-state index contributed by atoms with van der Waals surface area (Å²) in [4.78, 5) is 27.2. The van der Waals surface area contributed by atoms with E-state index in [-0.39, 0.29) is 11.3 Å². The largest absolute Gasteiger partial charge is 0.506 e. The van der Waals surface area contributed by atoms with Crippen LogP contribution in [0.25, 0.3) is 10.9 Å². The number of hydrogen-bond acceptors (Lipinski definition) is 4. The molecule has 7 heteroatoms. The molecular formula is C17H13BrN2O4. The Morgan fingerprint density at radius 2 is 1.92 bits per heavy atom. The number of pyridine rings is 1. The summed E-state index contributed by atoms with van der Waals surface area (Å²) >= 11 is 3.30. The quantitative estimate of drug-likeness (QED) is 0.641. The summed E-state index contributed by atoms with van der Waals surface area (Å²) in [6.07, 6.45) is 0. The number of halogens is 1. The topological polar surface area (TPSA) is 91.4 Å². The SMILES string of the molecule is COc1ccc(NC(=O)c2c(O)c3cc(Br)ccc3[nH]c2=O)cc1. The van der Waals surface area contributed by atoms with Crippen LogP contribution >= 0.6 is 15.9 Å². The Balaban J connectivity index is 2.01. The maximum atomic E-state index is 12.4. The summed E-state index contributed by atoms with van der Waals surface area (Å²) in [5, 5.41) is 13.3. The first-order valence-electron chi connectivity index (χ1n) is 6.99. The fraction of sp³-hybridized carbons (Fsp3) is 0.0588. The van der Waals surface area contributed by atoms with Crippen molar-refractivity contribution in [3.63, 3.8) is 0 Å². The lowest BCUT2D eigenvalue weighted by Gasteiger charge is -2.09. The number of H-pyrrole nitrogens is 1. The van der Waals surface area contributed by atoms with Gasteiger partial charge in [-0.1, -0.05) is 15.9 Å². The molecular weight excluding hydrogens is 376 g/mol. The fourth-order valence-corrected chi connectivity index (χ4v) is 2.69. The monoisotopic (exact) mass is 388 g/mol.